The first kappa shape index (κ1) is 18.5. The zero-order chi connectivity index (χ0) is 18.2. The Morgan fingerprint density at radius 3 is 2.24 bits per heavy atom. The van der Waals surface area contributed by atoms with E-state index < -0.39 is 12.1 Å². The van der Waals surface area contributed by atoms with Crippen LogP contribution in [0.5, 0.6) is 5.75 Å². The van der Waals surface area contributed by atoms with Gasteiger partial charge in [-0.15, -0.1) is 0 Å². The second kappa shape index (κ2) is 8.87. The lowest BCUT2D eigenvalue weighted by Gasteiger charge is -2.16. The minimum absolute atomic E-state index is 0.0329. The second-order valence-corrected chi connectivity index (χ2v) is 5.87. The number of rotatable bonds is 7. The van der Waals surface area contributed by atoms with Gasteiger partial charge in [0.25, 0.3) is 5.91 Å². The normalized spacial score (nSPS) is 12.8. The number of amides is 1. The van der Waals surface area contributed by atoms with Crippen LogP contribution in [0.25, 0.3) is 0 Å². The number of nitrogens with one attached hydrogen (secondary N) is 1. The summed E-state index contributed by atoms with van der Waals surface area (Å²) in [5.41, 5.74) is 1.68. The molecule has 0 radical (unpaired) electrons. The summed E-state index contributed by atoms with van der Waals surface area (Å²) in [5.74, 6) is -0.0301. The van der Waals surface area contributed by atoms with Crippen LogP contribution >= 0.6 is 0 Å². The molecule has 25 heavy (non-hydrogen) atoms. The van der Waals surface area contributed by atoms with Gasteiger partial charge in [-0.2, -0.15) is 0 Å². The molecule has 2 rings (SSSR count). The average molecular weight is 341 g/mol. The third-order valence-corrected chi connectivity index (χ3v) is 3.88. The molecule has 132 valence electrons. The molecule has 5 heteroatoms. The van der Waals surface area contributed by atoms with Crippen LogP contribution in [-0.4, -0.2) is 25.1 Å². The summed E-state index contributed by atoms with van der Waals surface area (Å²) in [4.78, 5) is 24.2. The fraction of sp³-hybridized carbons (Fsp3) is 0.300. The van der Waals surface area contributed by atoms with Crippen molar-refractivity contribution in [2.45, 2.75) is 32.3 Å². The van der Waals surface area contributed by atoms with E-state index in [1.165, 1.54) is 0 Å². The SMILES string of the molecule is COc1ccc(NC(=O)[C@@H](C)OC(=O)C[C@H](C)c2ccccc2)cc1. The number of benzene rings is 2. The van der Waals surface area contributed by atoms with Gasteiger partial charge < -0.3 is 14.8 Å². The Hall–Kier alpha value is -2.82. The third kappa shape index (κ3) is 5.64. The Morgan fingerprint density at radius 2 is 1.64 bits per heavy atom. The molecule has 5 nitrogen and oxygen atoms in total. The smallest absolute Gasteiger partial charge is 0.307 e. The number of esters is 1. The van der Waals surface area contributed by atoms with Crippen molar-refractivity contribution < 1.29 is 19.1 Å². The zero-order valence-corrected chi connectivity index (χ0v) is 14.7. The molecule has 0 aromatic heterocycles. The Labute approximate surface area is 148 Å². The predicted molar refractivity (Wildman–Crippen MR) is 96.7 cm³/mol. The van der Waals surface area contributed by atoms with Crippen molar-refractivity contribution in [3.63, 3.8) is 0 Å². The third-order valence-electron chi connectivity index (χ3n) is 3.88. The molecule has 0 spiro atoms. The van der Waals surface area contributed by atoms with Crippen LogP contribution in [0.1, 0.15) is 31.7 Å². The predicted octanol–water partition coefficient (Wildman–Crippen LogP) is 3.76. The van der Waals surface area contributed by atoms with Gasteiger partial charge in [0.2, 0.25) is 0 Å². The van der Waals surface area contributed by atoms with Gasteiger partial charge in [-0.05, 0) is 42.7 Å². The van der Waals surface area contributed by atoms with E-state index in [4.69, 9.17) is 9.47 Å². The molecule has 1 amide bonds. The zero-order valence-electron chi connectivity index (χ0n) is 14.7. The first-order chi connectivity index (χ1) is 12.0. The molecule has 0 unspecified atom stereocenters. The molecule has 0 heterocycles. The van der Waals surface area contributed by atoms with Crippen LogP contribution in [-0.2, 0) is 14.3 Å². The Balaban J connectivity index is 1.84. The van der Waals surface area contributed by atoms with Crippen molar-refractivity contribution in [2.24, 2.45) is 0 Å². The van der Waals surface area contributed by atoms with Crippen LogP contribution in [0.15, 0.2) is 54.6 Å². The number of hydrogen-bond donors (Lipinski definition) is 1. The largest absolute Gasteiger partial charge is 0.497 e. The molecule has 1 N–H and O–H groups in total. The molecule has 0 saturated carbocycles. The first-order valence-electron chi connectivity index (χ1n) is 8.19. The van der Waals surface area contributed by atoms with E-state index in [9.17, 15) is 9.59 Å². The lowest BCUT2D eigenvalue weighted by atomic mass is 9.98. The van der Waals surface area contributed by atoms with Crippen LogP contribution in [0.3, 0.4) is 0 Å². The summed E-state index contributed by atoms with van der Waals surface area (Å²) in [7, 11) is 1.57. The van der Waals surface area contributed by atoms with Crippen molar-refractivity contribution >= 4 is 17.6 Å². The highest BCUT2D eigenvalue weighted by Crippen LogP contribution is 2.19. The highest BCUT2D eigenvalue weighted by molar-refractivity contribution is 5.95. The van der Waals surface area contributed by atoms with E-state index in [2.05, 4.69) is 5.32 Å². The summed E-state index contributed by atoms with van der Waals surface area (Å²) < 4.78 is 10.3. The molecule has 0 aliphatic heterocycles. The highest BCUT2D eigenvalue weighted by atomic mass is 16.5. The second-order valence-electron chi connectivity index (χ2n) is 5.87. The van der Waals surface area contributed by atoms with E-state index in [0.29, 0.717) is 11.4 Å². The molecule has 0 bridgehead atoms. The van der Waals surface area contributed by atoms with Crippen LogP contribution < -0.4 is 10.1 Å². The fourth-order valence-corrected chi connectivity index (χ4v) is 2.37. The van der Waals surface area contributed by atoms with E-state index in [0.717, 1.165) is 5.56 Å². The van der Waals surface area contributed by atoms with Crippen LogP contribution in [0, 0.1) is 0 Å². The fourth-order valence-electron chi connectivity index (χ4n) is 2.37. The average Bonchev–Trinajstić information content (AvgIpc) is 2.62. The van der Waals surface area contributed by atoms with Gasteiger partial charge in [-0.1, -0.05) is 37.3 Å². The van der Waals surface area contributed by atoms with Crippen molar-refractivity contribution in [1.29, 1.82) is 0 Å². The maximum atomic E-state index is 12.1. The maximum absolute atomic E-state index is 12.1. The van der Waals surface area contributed by atoms with Gasteiger partial charge in [0.05, 0.1) is 13.5 Å². The lowest BCUT2D eigenvalue weighted by molar-refractivity contribution is -0.153. The quantitative estimate of drug-likeness (QED) is 0.779. The summed E-state index contributed by atoms with van der Waals surface area (Å²) in [6.07, 6.45) is -0.637. The summed E-state index contributed by atoms with van der Waals surface area (Å²) in [6.45, 7) is 3.52. The minimum atomic E-state index is -0.863. The van der Waals surface area contributed by atoms with Gasteiger partial charge in [0, 0.05) is 5.69 Å². The van der Waals surface area contributed by atoms with Gasteiger partial charge in [-0.3, -0.25) is 9.59 Å². The minimum Gasteiger partial charge on any atom is -0.497 e. The van der Waals surface area contributed by atoms with E-state index >= 15 is 0 Å². The number of hydrogen-bond acceptors (Lipinski definition) is 4. The summed E-state index contributed by atoms with van der Waals surface area (Å²) in [6, 6.07) is 16.7. The van der Waals surface area contributed by atoms with Crippen LogP contribution in [0.2, 0.25) is 0 Å². The summed E-state index contributed by atoms with van der Waals surface area (Å²) >= 11 is 0. The van der Waals surface area contributed by atoms with Crippen LogP contribution in [0.4, 0.5) is 5.69 Å². The number of methoxy groups -OCH3 is 1. The summed E-state index contributed by atoms with van der Waals surface area (Å²) in [5, 5.41) is 2.71. The molecule has 0 aliphatic rings. The molecule has 0 fully saturated rings. The van der Waals surface area contributed by atoms with E-state index in [1.54, 1.807) is 38.3 Å². The van der Waals surface area contributed by atoms with E-state index in [1.807, 2.05) is 37.3 Å². The van der Waals surface area contributed by atoms with Crippen molar-refractivity contribution in [3.8, 4) is 5.75 Å². The van der Waals surface area contributed by atoms with Crippen molar-refractivity contribution in [1.82, 2.24) is 0 Å². The molecule has 0 aliphatic carbocycles. The number of ether oxygens (including phenoxy) is 2. The van der Waals surface area contributed by atoms with Gasteiger partial charge >= 0.3 is 5.97 Å². The topological polar surface area (TPSA) is 64.6 Å². The molecule has 2 aromatic carbocycles. The molecule has 0 saturated heterocycles. The van der Waals surface area contributed by atoms with Crippen molar-refractivity contribution in [2.75, 3.05) is 12.4 Å². The monoisotopic (exact) mass is 341 g/mol. The Morgan fingerprint density at radius 1 is 1.00 bits per heavy atom. The number of carbonyl (C=O) groups is 2. The Bertz CT molecular complexity index is 697. The molecular weight excluding hydrogens is 318 g/mol. The van der Waals surface area contributed by atoms with Crippen molar-refractivity contribution in [3.05, 3.63) is 60.2 Å². The molecule has 2 atom stereocenters. The van der Waals surface area contributed by atoms with E-state index in [-0.39, 0.29) is 18.2 Å². The van der Waals surface area contributed by atoms with Gasteiger partial charge in [0.1, 0.15) is 5.75 Å². The number of carbonyl (C=O) groups excluding carboxylic acids is 2. The standard InChI is InChI=1S/C20H23NO4/c1-14(16-7-5-4-6-8-16)13-19(22)25-15(2)20(23)21-17-9-11-18(24-3)12-10-17/h4-12,14-15H,13H2,1-3H3,(H,21,23)/t14-,15+/m0/s1. The number of anilines is 1. The highest BCUT2D eigenvalue weighted by Gasteiger charge is 2.20. The lowest BCUT2D eigenvalue weighted by Crippen LogP contribution is -2.30. The van der Waals surface area contributed by atoms with Gasteiger partial charge in [0.15, 0.2) is 6.10 Å². The molecule has 2 aromatic rings. The Kier molecular flexibility index (Phi) is 6.57. The van der Waals surface area contributed by atoms with Gasteiger partial charge in [-0.25, -0.2) is 0 Å². The maximum Gasteiger partial charge on any atom is 0.307 e. The molecular formula is C20H23NO4. The first-order valence-corrected chi connectivity index (χ1v) is 8.19.